The van der Waals surface area contributed by atoms with E-state index in [0.717, 1.165) is 19.3 Å². The van der Waals surface area contributed by atoms with Gasteiger partial charge in [-0.15, -0.1) is 0 Å². The Hall–Kier alpha value is -3.29. The second kappa shape index (κ2) is 8.22. The molecule has 8 heteroatoms. The van der Waals surface area contributed by atoms with Crippen molar-refractivity contribution in [2.75, 3.05) is 13.1 Å². The van der Waals surface area contributed by atoms with Crippen LogP contribution in [0.5, 0.6) is 0 Å². The summed E-state index contributed by atoms with van der Waals surface area (Å²) >= 11 is 0. The van der Waals surface area contributed by atoms with E-state index in [-0.39, 0.29) is 28.4 Å². The van der Waals surface area contributed by atoms with Crippen molar-refractivity contribution in [3.63, 3.8) is 0 Å². The van der Waals surface area contributed by atoms with E-state index in [1.165, 1.54) is 12.1 Å². The first-order valence-corrected chi connectivity index (χ1v) is 10.1. The van der Waals surface area contributed by atoms with Crippen LogP contribution in [0.3, 0.4) is 0 Å². The number of hydrogen-bond donors (Lipinski definition) is 1. The Balaban J connectivity index is 1.67. The van der Waals surface area contributed by atoms with Gasteiger partial charge in [0.1, 0.15) is 11.9 Å². The van der Waals surface area contributed by atoms with Gasteiger partial charge in [0.05, 0.1) is 22.3 Å². The summed E-state index contributed by atoms with van der Waals surface area (Å²) in [5.41, 5.74) is 1.40. The number of benzene rings is 1. The number of nitrogens with one attached hydrogen (secondary N) is 1. The molecule has 1 fully saturated rings. The Kier molecular flexibility index (Phi) is 5.48. The fraction of sp³-hybridized carbons (Fsp3) is 0.364. The van der Waals surface area contributed by atoms with E-state index in [1.54, 1.807) is 36.9 Å². The number of rotatable bonds is 4. The van der Waals surface area contributed by atoms with Crippen LogP contribution < -0.4 is 5.32 Å². The first-order valence-electron chi connectivity index (χ1n) is 10.1. The molecule has 3 heterocycles. The molecule has 1 saturated heterocycles. The van der Waals surface area contributed by atoms with Crippen LogP contribution >= 0.6 is 0 Å². The van der Waals surface area contributed by atoms with Crippen LogP contribution in [0.2, 0.25) is 0 Å². The molecular weight excluding hydrogens is 387 g/mol. The van der Waals surface area contributed by atoms with Gasteiger partial charge in [-0.2, -0.15) is 0 Å². The van der Waals surface area contributed by atoms with Crippen molar-refractivity contribution in [1.82, 2.24) is 20.4 Å². The highest BCUT2D eigenvalue weighted by Gasteiger charge is 2.26. The van der Waals surface area contributed by atoms with Crippen LogP contribution in [0.1, 0.15) is 42.2 Å². The number of carbonyl (C=O) groups is 2. The van der Waals surface area contributed by atoms with Crippen molar-refractivity contribution in [3.05, 3.63) is 47.4 Å². The highest BCUT2D eigenvalue weighted by molar-refractivity contribution is 6.08. The zero-order valence-electron chi connectivity index (χ0n) is 16.9. The van der Waals surface area contributed by atoms with Gasteiger partial charge in [-0.25, -0.2) is 9.37 Å². The lowest BCUT2D eigenvalue weighted by molar-refractivity contribution is -0.133. The van der Waals surface area contributed by atoms with Gasteiger partial charge in [0.25, 0.3) is 11.6 Å². The summed E-state index contributed by atoms with van der Waals surface area (Å²) in [5.74, 6) is -1.02. The van der Waals surface area contributed by atoms with E-state index in [1.807, 2.05) is 0 Å². The number of piperidine rings is 1. The lowest BCUT2D eigenvalue weighted by atomic mass is 10.0. The Bertz CT molecular complexity index is 1100. The molecule has 1 N–H and O–H groups in total. The van der Waals surface area contributed by atoms with Gasteiger partial charge in [0.15, 0.2) is 0 Å². The van der Waals surface area contributed by atoms with Gasteiger partial charge in [-0.1, -0.05) is 17.3 Å². The van der Waals surface area contributed by atoms with E-state index in [2.05, 4.69) is 15.5 Å². The van der Waals surface area contributed by atoms with Gasteiger partial charge < -0.3 is 14.7 Å². The van der Waals surface area contributed by atoms with E-state index >= 15 is 0 Å². The van der Waals surface area contributed by atoms with Crippen LogP contribution in [0.25, 0.3) is 22.4 Å². The maximum atomic E-state index is 14.3. The summed E-state index contributed by atoms with van der Waals surface area (Å²) < 4.78 is 19.5. The minimum Gasteiger partial charge on any atom is -0.341 e. The largest absolute Gasteiger partial charge is 0.341 e. The van der Waals surface area contributed by atoms with Crippen molar-refractivity contribution in [2.24, 2.45) is 0 Å². The van der Waals surface area contributed by atoms with Crippen LogP contribution in [0, 0.1) is 12.7 Å². The smallest absolute Gasteiger partial charge is 0.259 e. The zero-order chi connectivity index (χ0) is 21.3. The molecule has 0 radical (unpaired) electrons. The zero-order valence-corrected chi connectivity index (χ0v) is 16.9. The maximum Gasteiger partial charge on any atom is 0.259 e. The van der Waals surface area contributed by atoms with Gasteiger partial charge in [0.2, 0.25) is 5.91 Å². The normalized spacial score (nSPS) is 15.2. The molecule has 156 valence electrons. The first-order chi connectivity index (χ1) is 14.5. The highest BCUT2D eigenvalue weighted by Crippen LogP contribution is 2.28. The quantitative estimate of drug-likeness (QED) is 0.712. The third kappa shape index (κ3) is 3.77. The molecule has 2 aromatic heterocycles. The third-order valence-corrected chi connectivity index (χ3v) is 5.40. The molecule has 1 aromatic carbocycles. The molecule has 7 nitrogen and oxygen atoms in total. The van der Waals surface area contributed by atoms with Crippen LogP contribution in [0.15, 0.2) is 34.9 Å². The summed E-state index contributed by atoms with van der Waals surface area (Å²) in [4.78, 5) is 31.9. The van der Waals surface area contributed by atoms with Crippen molar-refractivity contribution < 1.29 is 18.5 Å². The Morgan fingerprint density at radius 3 is 2.67 bits per heavy atom. The number of hydrogen-bond acceptors (Lipinski definition) is 5. The molecule has 3 aromatic rings. The molecule has 1 aliphatic rings. The third-order valence-electron chi connectivity index (χ3n) is 5.40. The number of carbonyl (C=O) groups excluding carboxylic acids is 2. The van der Waals surface area contributed by atoms with Crippen molar-refractivity contribution in [3.8, 4) is 11.3 Å². The fourth-order valence-corrected chi connectivity index (χ4v) is 3.80. The van der Waals surface area contributed by atoms with Gasteiger partial charge in [-0.3, -0.25) is 9.59 Å². The molecule has 0 bridgehead atoms. The van der Waals surface area contributed by atoms with Crippen LogP contribution in [-0.4, -0.2) is 46.0 Å². The summed E-state index contributed by atoms with van der Waals surface area (Å²) in [5, 5.41) is 7.12. The number of aryl methyl sites for hydroxylation is 1. The molecule has 0 saturated carbocycles. The van der Waals surface area contributed by atoms with E-state index in [9.17, 15) is 14.0 Å². The average molecular weight is 410 g/mol. The molecular formula is C22H23FN4O3. The topological polar surface area (TPSA) is 88.3 Å². The standard InChI is InChI=1S/C22H23FN4O3/c1-13-19-16(20(28)24-14(2)22(29)27-10-6-3-7-11-27)12-18(25-21(19)30-26-13)15-8-4-5-9-17(15)23/h4-5,8-9,12,14H,3,6-7,10-11H2,1-2H3,(H,24,28)/t14-/m0/s1. The molecule has 1 aliphatic heterocycles. The van der Waals surface area contributed by atoms with Gasteiger partial charge in [0, 0.05) is 18.7 Å². The first kappa shape index (κ1) is 20.0. The van der Waals surface area contributed by atoms with Gasteiger partial charge in [-0.05, 0) is 51.3 Å². The van der Waals surface area contributed by atoms with Crippen LogP contribution in [0.4, 0.5) is 4.39 Å². The summed E-state index contributed by atoms with van der Waals surface area (Å²) in [6.45, 7) is 4.79. The van der Waals surface area contributed by atoms with Crippen molar-refractivity contribution in [2.45, 2.75) is 39.2 Å². The van der Waals surface area contributed by atoms with E-state index < -0.39 is 17.8 Å². The van der Waals surface area contributed by atoms with E-state index in [4.69, 9.17) is 4.52 Å². The number of nitrogens with zero attached hydrogens (tertiary/aromatic N) is 3. The molecule has 0 unspecified atom stereocenters. The number of halogens is 1. The van der Waals surface area contributed by atoms with E-state index in [0.29, 0.717) is 24.2 Å². The highest BCUT2D eigenvalue weighted by atomic mass is 19.1. The van der Waals surface area contributed by atoms with Crippen molar-refractivity contribution in [1.29, 1.82) is 0 Å². The number of fused-ring (bicyclic) bond motifs is 1. The van der Waals surface area contributed by atoms with Crippen LogP contribution in [-0.2, 0) is 4.79 Å². The number of amides is 2. The molecule has 0 spiro atoms. The number of pyridine rings is 1. The Morgan fingerprint density at radius 1 is 1.20 bits per heavy atom. The summed E-state index contributed by atoms with van der Waals surface area (Å²) in [6, 6.07) is 7.00. The minimum absolute atomic E-state index is 0.107. The fourth-order valence-electron chi connectivity index (χ4n) is 3.80. The molecule has 2 amide bonds. The predicted octanol–water partition coefficient (Wildman–Crippen LogP) is 3.47. The molecule has 30 heavy (non-hydrogen) atoms. The molecule has 0 aliphatic carbocycles. The predicted molar refractivity (Wildman–Crippen MR) is 109 cm³/mol. The SMILES string of the molecule is Cc1noc2nc(-c3ccccc3F)cc(C(=O)N[C@@H](C)C(=O)N3CCCCC3)c12. The minimum atomic E-state index is -0.684. The summed E-state index contributed by atoms with van der Waals surface area (Å²) in [7, 11) is 0. The lowest BCUT2D eigenvalue weighted by Gasteiger charge is -2.29. The second-order valence-electron chi connectivity index (χ2n) is 7.56. The number of likely N-dealkylation sites (tertiary alicyclic amines) is 1. The van der Waals surface area contributed by atoms with Gasteiger partial charge >= 0.3 is 0 Å². The second-order valence-corrected chi connectivity index (χ2v) is 7.56. The Labute approximate surface area is 173 Å². The average Bonchev–Trinajstić information content (AvgIpc) is 3.14. The maximum absolute atomic E-state index is 14.3. The molecule has 4 rings (SSSR count). The Morgan fingerprint density at radius 2 is 1.93 bits per heavy atom. The number of aromatic nitrogens is 2. The molecule has 1 atom stereocenters. The lowest BCUT2D eigenvalue weighted by Crippen LogP contribution is -2.48. The summed E-state index contributed by atoms with van der Waals surface area (Å²) in [6.07, 6.45) is 3.07. The monoisotopic (exact) mass is 410 g/mol. The van der Waals surface area contributed by atoms with Crippen molar-refractivity contribution >= 4 is 22.9 Å².